The van der Waals surface area contributed by atoms with Gasteiger partial charge in [0.15, 0.2) is 0 Å². The summed E-state index contributed by atoms with van der Waals surface area (Å²) in [4.78, 5) is 1.31. The Balaban J connectivity index is 1.79. The normalized spacial score (nSPS) is 17.6. The van der Waals surface area contributed by atoms with Gasteiger partial charge >= 0.3 is 0 Å². The Bertz CT molecular complexity index is 309. The van der Waals surface area contributed by atoms with Gasteiger partial charge in [0, 0.05) is 24.5 Å². The third-order valence-corrected chi connectivity index (χ3v) is 3.42. The molecule has 0 atom stereocenters. The maximum atomic E-state index is 5.30. The van der Waals surface area contributed by atoms with Crippen molar-refractivity contribution in [1.82, 2.24) is 10.4 Å². The zero-order valence-electron chi connectivity index (χ0n) is 9.61. The Labute approximate surface area is 101 Å². The van der Waals surface area contributed by atoms with Crippen molar-refractivity contribution in [1.29, 1.82) is 0 Å². The third-order valence-electron chi connectivity index (χ3n) is 2.68. The van der Waals surface area contributed by atoms with Gasteiger partial charge in [0.25, 0.3) is 0 Å². The lowest BCUT2D eigenvalue weighted by Gasteiger charge is -2.27. The van der Waals surface area contributed by atoms with Crippen LogP contribution in [-0.2, 0) is 11.3 Å². The highest BCUT2D eigenvalue weighted by Gasteiger charge is 2.08. The first-order chi connectivity index (χ1) is 7.88. The second-order valence-corrected chi connectivity index (χ2v) is 4.66. The van der Waals surface area contributed by atoms with Crippen LogP contribution >= 0.6 is 11.8 Å². The number of hydrogen-bond acceptors (Lipinski definition) is 4. The van der Waals surface area contributed by atoms with Gasteiger partial charge < -0.3 is 4.74 Å². The molecule has 0 amide bonds. The number of nitrogens with zero attached hydrogens (tertiary/aromatic N) is 1. The third kappa shape index (κ3) is 3.49. The number of benzene rings is 1. The standard InChI is InChI=1S/C12H18N2OS/c1-16-12-4-2-11(3-5-12)10-13-14-6-8-15-9-7-14/h2-5,13H,6-10H2,1H3. The summed E-state index contributed by atoms with van der Waals surface area (Å²) in [7, 11) is 0. The van der Waals surface area contributed by atoms with E-state index in [0.717, 1.165) is 32.8 Å². The van der Waals surface area contributed by atoms with Crippen molar-refractivity contribution in [2.75, 3.05) is 32.6 Å². The Morgan fingerprint density at radius 2 is 1.94 bits per heavy atom. The van der Waals surface area contributed by atoms with Gasteiger partial charge in [0.1, 0.15) is 0 Å². The smallest absolute Gasteiger partial charge is 0.0608 e. The summed E-state index contributed by atoms with van der Waals surface area (Å²) in [5.41, 5.74) is 4.75. The summed E-state index contributed by atoms with van der Waals surface area (Å²) in [5.74, 6) is 0. The number of rotatable bonds is 4. The van der Waals surface area contributed by atoms with Crippen molar-refractivity contribution >= 4 is 11.8 Å². The van der Waals surface area contributed by atoms with Crippen LogP contribution in [-0.4, -0.2) is 37.6 Å². The van der Waals surface area contributed by atoms with E-state index in [4.69, 9.17) is 4.74 Å². The van der Waals surface area contributed by atoms with Crippen LogP contribution in [0.15, 0.2) is 29.2 Å². The number of nitrogens with one attached hydrogen (secondary N) is 1. The van der Waals surface area contributed by atoms with Gasteiger partial charge in [-0.25, -0.2) is 5.01 Å². The quantitative estimate of drug-likeness (QED) is 0.808. The molecule has 0 unspecified atom stereocenters. The molecule has 1 fully saturated rings. The van der Waals surface area contributed by atoms with E-state index in [9.17, 15) is 0 Å². The average Bonchev–Trinajstić information content (AvgIpc) is 2.38. The van der Waals surface area contributed by atoms with E-state index in [-0.39, 0.29) is 0 Å². The van der Waals surface area contributed by atoms with E-state index >= 15 is 0 Å². The molecule has 0 aromatic heterocycles. The minimum absolute atomic E-state index is 0.832. The van der Waals surface area contributed by atoms with E-state index in [1.807, 2.05) is 0 Å². The lowest BCUT2D eigenvalue weighted by Crippen LogP contribution is -2.45. The molecule has 1 aromatic carbocycles. The molecule has 4 heteroatoms. The topological polar surface area (TPSA) is 24.5 Å². The largest absolute Gasteiger partial charge is 0.379 e. The van der Waals surface area contributed by atoms with Crippen LogP contribution in [0.25, 0.3) is 0 Å². The van der Waals surface area contributed by atoms with E-state index in [0.29, 0.717) is 0 Å². The zero-order chi connectivity index (χ0) is 11.2. The summed E-state index contributed by atoms with van der Waals surface area (Å²) in [5, 5.41) is 2.23. The highest BCUT2D eigenvalue weighted by Crippen LogP contribution is 2.14. The molecule has 1 aliphatic heterocycles. The molecule has 1 aliphatic rings. The summed E-state index contributed by atoms with van der Waals surface area (Å²) < 4.78 is 5.30. The lowest BCUT2D eigenvalue weighted by molar-refractivity contribution is 0.0106. The number of thioether (sulfide) groups is 1. The molecule has 0 aliphatic carbocycles. The molecule has 3 nitrogen and oxygen atoms in total. The summed E-state index contributed by atoms with van der Waals surface area (Å²) >= 11 is 1.78. The monoisotopic (exact) mass is 238 g/mol. The van der Waals surface area contributed by atoms with Gasteiger partial charge in [-0.1, -0.05) is 12.1 Å². The highest BCUT2D eigenvalue weighted by atomic mass is 32.2. The maximum Gasteiger partial charge on any atom is 0.0608 e. The molecule has 88 valence electrons. The van der Waals surface area contributed by atoms with Crippen LogP contribution in [0.5, 0.6) is 0 Å². The minimum atomic E-state index is 0.832. The van der Waals surface area contributed by atoms with Gasteiger partial charge in [0.2, 0.25) is 0 Å². The van der Waals surface area contributed by atoms with Gasteiger partial charge in [-0.15, -0.1) is 11.8 Å². The second kappa shape index (κ2) is 6.25. The minimum Gasteiger partial charge on any atom is -0.379 e. The number of morpholine rings is 1. The summed E-state index contributed by atoms with van der Waals surface area (Å²) in [6.45, 7) is 4.51. The number of hydrazine groups is 1. The Kier molecular flexibility index (Phi) is 4.66. The first-order valence-corrected chi connectivity index (χ1v) is 6.80. The molecule has 1 saturated heterocycles. The maximum absolute atomic E-state index is 5.30. The fraction of sp³-hybridized carbons (Fsp3) is 0.500. The first-order valence-electron chi connectivity index (χ1n) is 5.57. The fourth-order valence-corrected chi connectivity index (χ4v) is 2.08. The van der Waals surface area contributed by atoms with Crippen LogP contribution in [0.4, 0.5) is 0 Å². The number of hydrogen-bond donors (Lipinski definition) is 1. The highest BCUT2D eigenvalue weighted by molar-refractivity contribution is 7.98. The van der Waals surface area contributed by atoms with Crippen LogP contribution in [0, 0.1) is 0 Å². The van der Waals surface area contributed by atoms with Crippen LogP contribution in [0.1, 0.15) is 5.56 Å². The SMILES string of the molecule is CSc1ccc(CNN2CCOCC2)cc1. The molecule has 1 aromatic rings. The lowest BCUT2D eigenvalue weighted by atomic mass is 10.2. The van der Waals surface area contributed by atoms with Gasteiger partial charge in [-0.05, 0) is 24.0 Å². The van der Waals surface area contributed by atoms with E-state index in [1.165, 1.54) is 10.5 Å². The van der Waals surface area contributed by atoms with E-state index in [2.05, 4.69) is 41.0 Å². The first kappa shape index (κ1) is 11.9. The average molecular weight is 238 g/mol. The fourth-order valence-electron chi connectivity index (χ4n) is 1.67. The molecule has 16 heavy (non-hydrogen) atoms. The van der Waals surface area contributed by atoms with Crippen molar-refractivity contribution in [2.24, 2.45) is 0 Å². The molecule has 0 spiro atoms. The predicted molar refractivity (Wildman–Crippen MR) is 67.5 cm³/mol. The van der Waals surface area contributed by atoms with Crippen LogP contribution in [0.2, 0.25) is 0 Å². The molecular weight excluding hydrogens is 220 g/mol. The van der Waals surface area contributed by atoms with E-state index < -0.39 is 0 Å². The van der Waals surface area contributed by atoms with Crippen molar-refractivity contribution < 1.29 is 4.74 Å². The molecule has 0 radical (unpaired) electrons. The molecule has 0 saturated carbocycles. The molecule has 0 bridgehead atoms. The predicted octanol–water partition coefficient (Wildman–Crippen LogP) is 1.75. The zero-order valence-corrected chi connectivity index (χ0v) is 10.4. The Hall–Kier alpha value is -0.550. The number of ether oxygens (including phenoxy) is 1. The van der Waals surface area contributed by atoms with Gasteiger partial charge in [-0.2, -0.15) is 0 Å². The Morgan fingerprint density at radius 3 is 2.56 bits per heavy atom. The molecule has 2 rings (SSSR count). The summed E-state index contributed by atoms with van der Waals surface area (Å²) in [6, 6.07) is 8.69. The van der Waals surface area contributed by atoms with Gasteiger partial charge in [0.05, 0.1) is 13.2 Å². The molecular formula is C12H18N2OS. The van der Waals surface area contributed by atoms with Gasteiger partial charge in [-0.3, -0.25) is 5.43 Å². The molecule has 1 heterocycles. The van der Waals surface area contributed by atoms with E-state index in [1.54, 1.807) is 11.8 Å². The van der Waals surface area contributed by atoms with Crippen molar-refractivity contribution in [2.45, 2.75) is 11.4 Å². The van der Waals surface area contributed by atoms with Crippen LogP contribution in [0.3, 0.4) is 0 Å². The summed E-state index contributed by atoms with van der Waals surface area (Å²) in [6.07, 6.45) is 2.10. The van der Waals surface area contributed by atoms with Crippen molar-refractivity contribution in [3.05, 3.63) is 29.8 Å². The van der Waals surface area contributed by atoms with Crippen LogP contribution < -0.4 is 5.43 Å². The van der Waals surface area contributed by atoms with Crippen molar-refractivity contribution in [3.8, 4) is 0 Å². The van der Waals surface area contributed by atoms with Crippen molar-refractivity contribution in [3.63, 3.8) is 0 Å². The second-order valence-electron chi connectivity index (χ2n) is 3.78. The molecule has 1 N–H and O–H groups in total. The Morgan fingerprint density at radius 1 is 1.25 bits per heavy atom.